The van der Waals surface area contributed by atoms with Gasteiger partial charge in [0.25, 0.3) is 0 Å². The standard InChI is InChI=1S/C24H26N4O3S/c1-13(2)21-26-27-24(32-21)25-18(29)12-17(14-6-4-3-5-7-14)28-22(30)19-15-8-9-16(11-10-15)20(19)23(28)31/h3-9,13,15-17,19-20H,10-12H2,1-2H3,(H,25,27,29)/t15-,16-,17+,19+,20+/m0/s1. The lowest BCUT2D eigenvalue weighted by Crippen LogP contribution is -2.38. The van der Waals surface area contributed by atoms with Crippen molar-refractivity contribution >= 4 is 34.2 Å². The van der Waals surface area contributed by atoms with Crippen LogP contribution in [0.2, 0.25) is 0 Å². The van der Waals surface area contributed by atoms with Crippen LogP contribution in [0.15, 0.2) is 42.5 Å². The lowest BCUT2D eigenvalue weighted by molar-refractivity contribution is -0.143. The molecule has 7 nitrogen and oxygen atoms in total. The Kier molecular flexibility index (Phi) is 5.41. The van der Waals surface area contributed by atoms with Crippen molar-refractivity contribution in [2.45, 2.75) is 45.1 Å². The Bertz CT molecular complexity index is 1050. The fraction of sp³-hybridized carbons (Fsp3) is 0.458. The summed E-state index contributed by atoms with van der Waals surface area (Å²) in [6.45, 7) is 4.03. The number of hydrogen-bond donors (Lipinski definition) is 1. The van der Waals surface area contributed by atoms with Crippen LogP contribution in [0.5, 0.6) is 0 Å². The van der Waals surface area contributed by atoms with Crippen LogP contribution in [-0.2, 0) is 14.4 Å². The molecule has 2 bridgehead atoms. The molecule has 0 spiro atoms. The van der Waals surface area contributed by atoms with E-state index in [0.29, 0.717) is 5.13 Å². The van der Waals surface area contributed by atoms with Crippen molar-refractivity contribution in [1.82, 2.24) is 15.1 Å². The van der Waals surface area contributed by atoms with Gasteiger partial charge in [-0.25, -0.2) is 0 Å². The number of aromatic nitrogens is 2. The Balaban J connectivity index is 1.41. The van der Waals surface area contributed by atoms with E-state index in [4.69, 9.17) is 0 Å². The average Bonchev–Trinajstić information content (AvgIpc) is 3.38. The highest BCUT2D eigenvalue weighted by molar-refractivity contribution is 7.15. The van der Waals surface area contributed by atoms with Crippen molar-refractivity contribution in [1.29, 1.82) is 0 Å². The van der Waals surface area contributed by atoms with Gasteiger partial charge in [0.05, 0.1) is 24.3 Å². The lowest BCUT2D eigenvalue weighted by atomic mass is 9.63. The first-order chi connectivity index (χ1) is 15.4. The van der Waals surface area contributed by atoms with Gasteiger partial charge in [0.1, 0.15) is 5.01 Å². The van der Waals surface area contributed by atoms with Gasteiger partial charge in [-0.3, -0.25) is 19.3 Å². The van der Waals surface area contributed by atoms with Crippen LogP contribution in [0.25, 0.3) is 0 Å². The number of imide groups is 1. The van der Waals surface area contributed by atoms with Crippen LogP contribution in [0.3, 0.4) is 0 Å². The smallest absolute Gasteiger partial charge is 0.234 e. The predicted molar refractivity (Wildman–Crippen MR) is 121 cm³/mol. The van der Waals surface area contributed by atoms with Crippen molar-refractivity contribution in [3.05, 3.63) is 53.1 Å². The summed E-state index contributed by atoms with van der Waals surface area (Å²) >= 11 is 1.34. The van der Waals surface area contributed by atoms with E-state index in [1.54, 1.807) is 0 Å². The molecule has 1 N–H and O–H groups in total. The summed E-state index contributed by atoms with van der Waals surface area (Å²) in [5.41, 5.74) is 0.781. The molecule has 3 aliphatic carbocycles. The summed E-state index contributed by atoms with van der Waals surface area (Å²) in [7, 11) is 0. The predicted octanol–water partition coefficient (Wildman–Crippen LogP) is 3.93. The van der Waals surface area contributed by atoms with Crippen LogP contribution >= 0.6 is 11.3 Å². The fourth-order valence-electron chi connectivity index (χ4n) is 5.30. The van der Waals surface area contributed by atoms with Gasteiger partial charge in [-0.15, -0.1) is 10.2 Å². The lowest BCUT2D eigenvalue weighted by Gasteiger charge is -2.38. The molecule has 4 aliphatic rings. The van der Waals surface area contributed by atoms with Crippen molar-refractivity contribution < 1.29 is 14.4 Å². The summed E-state index contributed by atoms with van der Waals surface area (Å²) in [6.07, 6.45) is 6.09. The Labute approximate surface area is 190 Å². The highest BCUT2D eigenvalue weighted by Crippen LogP contribution is 2.51. The number of amides is 3. The summed E-state index contributed by atoms with van der Waals surface area (Å²) in [4.78, 5) is 41.3. The van der Waals surface area contributed by atoms with Crippen molar-refractivity contribution in [2.24, 2.45) is 23.7 Å². The Morgan fingerprint density at radius 2 is 1.69 bits per heavy atom. The molecule has 1 aromatic heterocycles. The van der Waals surface area contributed by atoms with Gasteiger partial charge in [0.2, 0.25) is 22.9 Å². The highest BCUT2D eigenvalue weighted by Gasteiger charge is 2.58. The topological polar surface area (TPSA) is 92.3 Å². The van der Waals surface area contributed by atoms with Crippen LogP contribution < -0.4 is 5.32 Å². The third-order valence-electron chi connectivity index (χ3n) is 6.85. The first kappa shape index (κ1) is 21.0. The van der Waals surface area contributed by atoms with Gasteiger partial charge in [-0.1, -0.05) is 67.7 Å². The maximum Gasteiger partial charge on any atom is 0.234 e. The second-order valence-electron chi connectivity index (χ2n) is 9.17. The van der Waals surface area contributed by atoms with Crippen LogP contribution in [-0.4, -0.2) is 32.8 Å². The Morgan fingerprint density at radius 1 is 1.06 bits per heavy atom. The molecular weight excluding hydrogens is 424 g/mol. The van der Waals surface area contributed by atoms with Gasteiger partial charge in [-0.2, -0.15) is 0 Å². The normalized spacial score (nSPS) is 27.2. The van der Waals surface area contributed by atoms with Gasteiger partial charge >= 0.3 is 0 Å². The number of anilines is 1. The van der Waals surface area contributed by atoms with Gasteiger partial charge < -0.3 is 5.32 Å². The number of carbonyl (C=O) groups is 3. The largest absolute Gasteiger partial charge is 0.300 e. The molecule has 0 unspecified atom stereocenters. The molecule has 1 aromatic carbocycles. The minimum atomic E-state index is -0.640. The van der Waals surface area contributed by atoms with E-state index in [1.165, 1.54) is 16.2 Å². The number of hydrogen-bond acceptors (Lipinski definition) is 6. The molecule has 2 aromatic rings. The summed E-state index contributed by atoms with van der Waals surface area (Å²) in [5, 5.41) is 12.2. The molecule has 1 saturated carbocycles. The molecule has 1 aliphatic heterocycles. The van der Waals surface area contributed by atoms with E-state index in [9.17, 15) is 14.4 Å². The van der Waals surface area contributed by atoms with Gasteiger partial charge in [0.15, 0.2) is 0 Å². The SMILES string of the molecule is CC(C)c1nnc(NC(=O)C[C@H](c2ccccc2)N2C(=O)[C@H]3[C@H](C2=O)[C@H]2C=C[C@H]3CC2)s1. The number of fused-ring (bicyclic) bond motifs is 1. The molecular formula is C24H26N4O3S. The summed E-state index contributed by atoms with van der Waals surface area (Å²) in [5.74, 6) is -0.698. The second-order valence-corrected chi connectivity index (χ2v) is 10.2. The molecule has 2 heterocycles. The fourth-order valence-corrected chi connectivity index (χ4v) is 6.06. The van der Waals surface area contributed by atoms with Gasteiger partial charge in [0, 0.05) is 5.92 Å². The number of nitrogens with zero attached hydrogens (tertiary/aromatic N) is 3. The van der Waals surface area contributed by atoms with Crippen LogP contribution in [0.4, 0.5) is 5.13 Å². The van der Waals surface area contributed by atoms with Crippen LogP contribution in [0, 0.1) is 23.7 Å². The molecule has 8 heteroatoms. The van der Waals surface area contributed by atoms with Crippen LogP contribution in [0.1, 0.15) is 55.6 Å². The number of rotatable bonds is 6. The first-order valence-electron chi connectivity index (χ1n) is 11.2. The molecule has 3 amide bonds. The van der Waals surface area contributed by atoms with Crippen molar-refractivity contribution in [3.63, 3.8) is 0 Å². The average molecular weight is 451 g/mol. The zero-order valence-electron chi connectivity index (χ0n) is 18.1. The Hall–Kier alpha value is -2.87. The highest BCUT2D eigenvalue weighted by atomic mass is 32.1. The van der Waals surface area contributed by atoms with E-state index in [0.717, 1.165) is 23.4 Å². The zero-order chi connectivity index (χ0) is 22.4. The third kappa shape index (κ3) is 3.56. The molecule has 1 saturated heterocycles. The minimum Gasteiger partial charge on any atom is -0.300 e. The van der Waals surface area contributed by atoms with E-state index in [-0.39, 0.29) is 53.7 Å². The van der Waals surface area contributed by atoms with E-state index >= 15 is 0 Å². The molecule has 6 rings (SSSR count). The van der Waals surface area contributed by atoms with E-state index < -0.39 is 6.04 Å². The number of carbonyl (C=O) groups excluding carboxylic acids is 3. The van der Waals surface area contributed by atoms with Crippen molar-refractivity contribution in [3.8, 4) is 0 Å². The number of allylic oxidation sites excluding steroid dienone is 2. The maximum atomic E-state index is 13.5. The number of likely N-dealkylation sites (tertiary alicyclic amines) is 1. The second kappa shape index (κ2) is 8.24. The molecule has 32 heavy (non-hydrogen) atoms. The molecule has 2 fully saturated rings. The monoisotopic (exact) mass is 450 g/mol. The number of nitrogens with one attached hydrogen (secondary N) is 1. The zero-order valence-corrected chi connectivity index (χ0v) is 18.9. The maximum absolute atomic E-state index is 13.5. The van der Waals surface area contributed by atoms with Crippen molar-refractivity contribution in [2.75, 3.05) is 5.32 Å². The number of benzene rings is 1. The minimum absolute atomic E-state index is 0.0136. The first-order valence-corrected chi connectivity index (χ1v) is 12.0. The van der Waals surface area contributed by atoms with Gasteiger partial charge in [-0.05, 0) is 30.2 Å². The summed E-state index contributed by atoms with van der Waals surface area (Å²) in [6, 6.07) is 8.71. The Morgan fingerprint density at radius 3 is 2.22 bits per heavy atom. The molecule has 166 valence electrons. The molecule has 5 atom stereocenters. The summed E-state index contributed by atoms with van der Waals surface area (Å²) < 4.78 is 0. The van der Waals surface area contributed by atoms with E-state index in [1.807, 2.05) is 44.2 Å². The third-order valence-corrected chi connectivity index (χ3v) is 7.99. The van der Waals surface area contributed by atoms with E-state index in [2.05, 4.69) is 27.7 Å². The quantitative estimate of drug-likeness (QED) is 0.532. The molecule has 0 radical (unpaired) electrons.